The van der Waals surface area contributed by atoms with Gasteiger partial charge in [0, 0.05) is 0 Å². The Balaban J connectivity index is 1.89. The van der Waals surface area contributed by atoms with Crippen LogP contribution in [-0.4, -0.2) is 21.5 Å². The molecule has 106 valence electrons. The van der Waals surface area contributed by atoms with Crippen molar-refractivity contribution in [3.63, 3.8) is 0 Å². The van der Waals surface area contributed by atoms with E-state index < -0.39 is 0 Å². The summed E-state index contributed by atoms with van der Waals surface area (Å²) in [5.74, 6) is 0.725. The van der Waals surface area contributed by atoms with Crippen molar-refractivity contribution in [3.05, 3.63) is 42.2 Å². The second kappa shape index (κ2) is 6.18. The molecule has 1 aliphatic rings. The summed E-state index contributed by atoms with van der Waals surface area (Å²) < 4.78 is 1.98. The van der Waals surface area contributed by atoms with Crippen molar-refractivity contribution < 1.29 is 0 Å². The molecule has 1 saturated carbocycles. The van der Waals surface area contributed by atoms with Crippen molar-refractivity contribution in [2.75, 3.05) is 6.54 Å². The second-order valence-corrected chi connectivity index (χ2v) is 5.53. The summed E-state index contributed by atoms with van der Waals surface area (Å²) in [5.41, 5.74) is 2.27. The zero-order valence-corrected chi connectivity index (χ0v) is 12.0. The van der Waals surface area contributed by atoms with Crippen LogP contribution in [0.3, 0.4) is 0 Å². The molecule has 0 radical (unpaired) electrons. The van der Waals surface area contributed by atoms with Crippen LogP contribution in [0.2, 0.25) is 0 Å². The number of nitrogens with zero attached hydrogens (tertiary/aromatic N) is 3. The highest BCUT2D eigenvalue weighted by molar-refractivity contribution is 5.32. The lowest BCUT2D eigenvalue weighted by atomic mass is 9.78. The summed E-state index contributed by atoms with van der Waals surface area (Å²) in [4.78, 5) is 0. The van der Waals surface area contributed by atoms with E-state index in [4.69, 9.17) is 0 Å². The summed E-state index contributed by atoms with van der Waals surface area (Å²) >= 11 is 0. The zero-order chi connectivity index (χ0) is 13.8. The van der Waals surface area contributed by atoms with Gasteiger partial charge in [0.1, 0.15) is 0 Å². The quantitative estimate of drug-likeness (QED) is 0.877. The number of aromatic nitrogens is 3. The molecule has 1 N–H and O–H groups in total. The molecule has 1 fully saturated rings. The lowest BCUT2D eigenvalue weighted by molar-refractivity contribution is 0.225. The number of benzene rings is 1. The van der Waals surface area contributed by atoms with E-state index in [-0.39, 0.29) is 0 Å². The van der Waals surface area contributed by atoms with Gasteiger partial charge in [-0.2, -0.15) is 0 Å². The number of nitrogens with one attached hydrogen (secondary N) is 1. The molecular formula is C16H22N4. The maximum atomic E-state index is 4.28. The van der Waals surface area contributed by atoms with E-state index >= 15 is 0 Å². The van der Waals surface area contributed by atoms with Gasteiger partial charge in [0.05, 0.1) is 23.6 Å². The fourth-order valence-electron chi connectivity index (χ4n) is 2.81. The fourth-order valence-corrected chi connectivity index (χ4v) is 2.81. The minimum Gasteiger partial charge on any atom is -0.308 e. The molecule has 0 spiro atoms. The molecule has 1 aromatic heterocycles. The van der Waals surface area contributed by atoms with Crippen LogP contribution < -0.4 is 5.32 Å². The van der Waals surface area contributed by atoms with E-state index in [1.165, 1.54) is 25.0 Å². The maximum absolute atomic E-state index is 4.28. The summed E-state index contributed by atoms with van der Waals surface area (Å²) in [7, 11) is 0. The Morgan fingerprint density at radius 2 is 2.10 bits per heavy atom. The zero-order valence-electron chi connectivity index (χ0n) is 12.0. The molecule has 0 bridgehead atoms. The third-order valence-electron chi connectivity index (χ3n) is 4.13. The molecule has 0 aliphatic heterocycles. The van der Waals surface area contributed by atoms with Gasteiger partial charge in [-0.05, 0) is 43.9 Å². The van der Waals surface area contributed by atoms with Crippen LogP contribution in [0.4, 0.5) is 0 Å². The Bertz CT molecular complexity index is 530. The summed E-state index contributed by atoms with van der Waals surface area (Å²) in [6.07, 6.45) is 7.03. The molecule has 1 aliphatic carbocycles. The van der Waals surface area contributed by atoms with Gasteiger partial charge in [-0.1, -0.05) is 36.8 Å². The number of para-hydroxylation sites is 1. The Labute approximate surface area is 120 Å². The highest BCUT2D eigenvalue weighted by Crippen LogP contribution is 2.37. The number of hydrogen-bond acceptors (Lipinski definition) is 3. The smallest absolute Gasteiger partial charge is 0.0818 e. The van der Waals surface area contributed by atoms with E-state index in [0.717, 1.165) is 24.6 Å². The average molecular weight is 270 g/mol. The van der Waals surface area contributed by atoms with Crippen LogP contribution in [0.25, 0.3) is 5.69 Å². The highest BCUT2D eigenvalue weighted by atomic mass is 15.4. The van der Waals surface area contributed by atoms with Gasteiger partial charge in [0.15, 0.2) is 0 Å². The van der Waals surface area contributed by atoms with Crippen LogP contribution in [0.1, 0.15) is 44.3 Å². The number of rotatable bonds is 6. The first-order valence-electron chi connectivity index (χ1n) is 7.59. The predicted molar refractivity (Wildman–Crippen MR) is 79.7 cm³/mol. The van der Waals surface area contributed by atoms with E-state index in [2.05, 4.69) is 34.7 Å². The van der Waals surface area contributed by atoms with Crippen LogP contribution in [0.15, 0.2) is 36.5 Å². The molecule has 1 heterocycles. The molecule has 4 nitrogen and oxygen atoms in total. The molecule has 0 amide bonds. The minimum absolute atomic E-state index is 0.374. The van der Waals surface area contributed by atoms with Crippen molar-refractivity contribution in [2.24, 2.45) is 5.92 Å². The normalized spacial score (nSPS) is 16.9. The van der Waals surface area contributed by atoms with Crippen molar-refractivity contribution in [2.45, 2.75) is 38.6 Å². The molecule has 20 heavy (non-hydrogen) atoms. The average Bonchev–Trinajstić information content (AvgIpc) is 2.91. The van der Waals surface area contributed by atoms with Crippen molar-refractivity contribution >= 4 is 0 Å². The summed E-state index contributed by atoms with van der Waals surface area (Å²) in [5, 5.41) is 12.1. The lowest BCUT2D eigenvalue weighted by Gasteiger charge is -2.34. The van der Waals surface area contributed by atoms with Gasteiger partial charge in [-0.15, -0.1) is 5.10 Å². The van der Waals surface area contributed by atoms with Crippen molar-refractivity contribution in [3.8, 4) is 5.69 Å². The van der Waals surface area contributed by atoms with Gasteiger partial charge in [-0.3, -0.25) is 0 Å². The first-order valence-corrected chi connectivity index (χ1v) is 7.59. The molecule has 2 aromatic rings. The molecule has 1 atom stereocenters. The molecule has 1 aromatic carbocycles. The Morgan fingerprint density at radius 1 is 1.30 bits per heavy atom. The number of hydrogen-bond donors (Lipinski definition) is 1. The summed E-state index contributed by atoms with van der Waals surface area (Å²) in [6.45, 7) is 3.25. The van der Waals surface area contributed by atoms with Gasteiger partial charge < -0.3 is 5.32 Å². The standard InChI is InChI=1S/C16H22N4/c1-2-11-17-16(13-7-6-8-13)15-12-18-19-20(15)14-9-4-3-5-10-14/h3-5,9-10,12-13,16-17H,2,6-8,11H2,1H3. The van der Waals surface area contributed by atoms with Gasteiger partial charge in [0.25, 0.3) is 0 Å². The van der Waals surface area contributed by atoms with Gasteiger partial charge in [0.2, 0.25) is 0 Å². The predicted octanol–water partition coefficient (Wildman–Crippen LogP) is 3.11. The second-order valence-electron chi connectivity index (χ2n) is 5.53. The van der Waals surface area contributed by atoms with E-state index in [9.17, 15) is 0 Å². The Kier molecular flexibility index (Phi) is 4.11. The van der Waals surface area contributed by atoms with E-state index in [1.54, 1.807) is 0 Å². The lowest BCUT2D eigenvalue weighted by Crippen LogP contribution is -2.34. The van der Waals surface area contributed by atoms with E-state index in [1.807, 2.05) is 29.1 Å². The third kappa shape index (κ3) is 2.61. The fraction of sp³-hybridized carbons (Fsp3) is 0.500. The van der Waals surface area contributed by atoms with Crippen molar-refractivity contribution in [1.29, 1.82) is 0 Å². The highest BCUT2D eigenvalue weighted by Gasteiger charge is 2.30. The molecular weight excluding hydrogens is 248 g/mol. The molecule has 1 unspecified atom stereocenters. The Morgan fingerprint density at radius 3 is 2.75 bits per heavy atom. The third-order valence-corrected chi connectivity index (χ3v) is 4.13. The Hall–Kier alpha value is -1.68. The van der Waals surface area contributed by atoms with Crippen LogP contribution in [0.5, 0.6) is 0 Å². The van der Waals surface area contributed by atoms with Crippen LogP contribution in [0, 0.1) is 5.92 Å². The first-order chi connectivity index (χ1) is 9.90. The van der Waals surface area contributed by atoms with Gasteiger partial charge >= 0.3 is 0 Å². The summed E-state index contributed by atoms with van der Waals surface area (Å²) in [6, 6.07) is 10.6. The SMILES string of the molecule is CCCNC(c1cnnn1-c1ccccc1)C1CCC1. The van der Waals surface area contributed by atoms with Crippen LogP contribution >= 0.6 is 0 Å². The largest absolute Gasteiger partial charge is 0.308 e. The maximum Gasteiger partial charge on any atom is 0.0818 e. The minimum atomic E-state index is 0.374. The van der Waals surface area contributed by atoms with Gasteiger partial charge in [-0.25, -0.2) is 4.68 Å². The van der Waals surface area contributed by atoms with E-state index in [0.29, 0.717) is 6.04 Å². The molecule has 4 heteroatoms. The van der Waals surface area contributed by atoms with Crippen LogP contribution in [-0.2, 0) is 0 Å². The first kappa shape index (κ1) is 13.3. The van der Waals surface area contributed by atoms with Crippen molar-refractivity contribution in [1.82, 2.24) is 20.3 Å². The topological polar surface area (TPSA) is 42.7 Å². The molecule has 3 rings (SSSR count). The monoisotopic (exact) mass is 270 g/mol. The molecule has 0 saturated heterocycles.